The van der Waals surface area contributed by atoms with Crippen molar-refractivity contribution in [3.63, 3.8) is 0 Å². The van der Waals surface area contributed by atoms with Gasteiger partial charge < -0.3 is 14.5 Å². The molecule has 0 saturated heterocycles. The van der Waals surface area contributed by atoms with Crippen molar-refractivity contribution in [2.75, 3.05) is 6.54 Å². The van der Waals surface area contributed by atoms with Gasteiger partial charge in [-0.25, -0.2) is 14.6 Å². The Morgan fingerprint density at radius 3 is 2.26 bits per heavy atom. The highest BCUT2D eigenvalue weighted by atomic mass is 16.7. The first-order chi connectivity index (χ1) is 14.6. The van der Waals surface area contributed by atoms with Crippen LogP contribution in [-0.4, -0.2) is 51.0 Å². The average Bonchev–Trinajstić information content (AvgIpc) is 2.97. The molecule has 0 N–H and O–H groups in total. The molecule has 0 unspecified atom stereocenters. The Labute approximate surface area is 178 Å². The number of pyridine rings is 1. The number of hydrogen-bond acceptors (Lipinski definition) is 7. The first-order valence-electron chi connectivity index (χ1n) is 9.81. The average molecular weight is 423 g/mol. The number of benzene rings is 1. The van der Waals surface area contributed by atoms with Gasteiger partial charge in [0.05, 0.1) is 23.4 Å². The summed E-state index contributed by atoms with van der Waals surface area (Å²) in [4.78, 5) is 60.6. The maximum absolute atomic E-state index is 12.6. The van der Waals surface area contributed by atoms with E-state index in [9.17, 15) is 19.2 Å². The normalized spacial score (nSPS) is 15.5. The Balaban J connectivity index is 1.49. The van der Waals surface area contributed by atoms with Crippen molar-refractivity contribution in [2.45, 2.75) is 39.3 Å². The van der Waals surface area contributed by atoms with Crippen LogP contribution >= 0.6 is 0 Å². The van der Waals surface area contributed by atoms with Crippen molar-refractivity contribution in [1.29, 1.82) is 0 Å². The summed E-state index contributed by atoms with van der Waals surface area (Å²) >= 11 is 0. The van der Waals surface area contributed by atoms with Gasteiger partial charge in [-0.05, 0) is 51.0 Å². The largest absolute Gasteiger partial charge is 0.444 e. The third-order valence-electron chi connectivity index (χ3n) is 4.85. The lowest BCUT2D eigenvalue weighted by atomic mass is 10.0. The van der Waals surface area contributed by atoms with E-state index in [4.69, 9.17) is 9.57 Å². The lowest BCUT2D eigenvalue weighted by Gasteiger charge is -2.30. The number of carbonyl (C=O) groups excluding carboxylic acids is 4. The Bertz CT molecular complexity index is 1070. The Morgan fingerprint density at radius 1 is 1.00 bits per heavy atom. The van der Waals surface area contributed by atoms with Crippen molar-refractivity contribution in [2.24, 2.45) is 0 Å². The maximum Gasteiger partial charge on any atom is 0.410 e. The first kappa shape index (κ1) is 20.5. The molecule has 4 rings (SSSR count). The van der Waals surface area contributed by atoms with Gasteiger partial charge in [0.1, 0.15) is 5.60 Å². The zero-order chi connectivity index (χ0) is 22.3. The third kappa shape index (κ3) is 3.98. The fraction of sp³-hybridized carbons (Fsp3) is 0.318. The van der Waals surface area contributed by atoms with E-state index >= 15 is 0 Å². The number of aromatic nitrogens is 1. The molecule has 0 aliphatic carbocycles. The number of imide groups is 1. The topological polar surface area (TPSA) is 106 Å². The van der Waals surface area contributed by atoms with Gasteiger partial charge in [0.15, 0.2) is 5.69 Å². The zero-order valence-corrected chi connectivity index (χ0v) is 17.4. The molecule has 3 amide bonds. The van der Waals surface area contributed by atoms with Gasteiger partial charge in [-0.1, -0.05) is 23.3 Å². The quantitative estimate of drug-likeness (QED) is 0.684. The second-order valence-corrected chi connectivity index (χ2v) is 8.28. The van der Waals surface area contributed by atoms with Crippen LogP contribution in [0, 0.1) is 0 Å². The highest BCUT2D eigenvalue weighted by Gasteiger charge is 2.39. The van der Waals surface area contributed by atoms with E-state index in [1.807, 2.05) is 0 Å². The number of ether oxygens (including phenoxy) is 1. The maximum atomic E-state index is 12.6. The molecule has 0 saturated carbocycles. The number of rotatable bonds is 2. The van der Waals surface area contributed by atoms with E-state index in [-0.39, 0.29) is 23.4 Å². The highest BCUT2D eigenvalue weighted by molar-refractivity contribution is 6.21. The van der Waals surface area contributed by atoms with Crippen molar-refractivity contribution < 1.29 is 28.8 Å². The second kappa shape index (κ2) is 7.50. The first-order valence-corrected chi connectivity index (χ1v) is 9.81. The SMILES string of the molecule is CC(C)(C)OC(=O)N1CCc2ccc(C(=O)ON3C(=O)c4ccccc4C3=O)nc2C1. The molecule has 31 heavy (non-hydrogen) atoms. The highest BCUT2D eigenvalue weighted by Crippen LogP contribution is 2.24. The van der Waals surface area contributed by atoms with Crippen LogP contribution in [0.25, 0.3) is 0 Å². The predicted octanol–water partition coefficient (Wildman–Crippen LogP) is 2.74. The number of hydrogen-bond donors (Lipinski definition) is 0. The van der Waals surface area contributed by atoms with Crippen LogP contribution in [0.2, 0.25) is 0 Å². The summed E-state index contributed by atoms with van der Waals surface area (Å²) in [6.45, 7) is 6.01. The summed E-state index contributed by atoms with van der Waals surface area (Å²) in [6, 6.07) is 9.43. The standard InChI is InChI=1S/C22H21N3O6/c1-22(2,3)30-21(29)24-11-10-13-8-9-16(23-17(13)12-24)20(28)31-25-18(26)14-6-4-5-7-15(14)19(25)27/h4-9H,10-12H2,1-3H3. The van der Waals surface area contributed by atoms with Crippen molar-refractivity contribution in [1.82, 2.24) is 14.9 Å². The minimum Gasteiger partial charge on any atom is -0.444 e. The summed E-state index contributed by atoms with van der Waals surface area (Å²) in [5.41, 5.74) is 1.09. The van der Waals surface area contributed by atoms with E-state index in [1.54, 1.807) is 39.0 Å². The molecule has 2 aromatic rings. The number of hydroxylamine groups is 2. The van der Waals surface area contributed by atoms with Crippen LogP contribution in [0.4, 0.5) is 4.79 Å². The molecule has 1 aromatic heterocycles. The van der Waals surface area contributed by atoms with Crippen LogP contribution in [-0.2, 0) is 22.5 Å². The molecule has 0 fully saturated rings. The lowest BCUT2D eigenvalue weighted by molar-refractivity contribution is -0.0588. The smallest absolute Gasteiger partial charge is 0.410 e. The molecule has 2 aliphatic heterocycles. The van der Waals surface area contributed by atoms with E-state index < -0.39 is 29.5 Å². The molecular formula is C22H21N3O6. The predicted molar refractivity (Wildman–Crippen MR) is 107 cm³/mol. The monoisotopic (exact) mass is 423 g/mol. The van der Waals surface area contributed by atoms with Gasteiger partial charge in [0, 0.05) is 6.54 Å². The molecule has 9 heteroatoms. The fourth-order valence-electron chi connectivity index (χ4n) is 3.39. The van der Waals surface area contributed by atoms with Crippen molar-refractivity contribution in [3.05, 3.63) is 64.5 Å². The minimum absolute atomic E-state index is 0.0682. The second-order valence-electron chi connectivity index (χ2n) is 8.28. The Kier molecular flexibility index (Phi) is 4.96. The van der Waals surface area contributed by atoms with Crippen LogP contribution < -0.4 is 0 Å². The van der Waals surface area contributed by atoms with Crippen LogP contribution in [0.1, 0.15) is 63.2 Å². The summed E-state index contributed by atoms with van der Waals surface area (Å²) in [7, 11) is 0. The van der Waals surface area contributed by atoms with Gasteiger partial charge in [-0.15, -0.1) is 0 Å². The zero-order valence-electron chi connectivity index (χ0n) is 17.4. The van der Waals surface area contributed by atoms with E-state index in [0.29, 0.717) is 23.7 Å². The van der Waals surface area contributed by atoms with Crippen LogP contribution in [0.15, 0.2) is 36.4 Å². The van der Waals surface area contributed by atoms with E-state index in [2.05, 4.69) is 4.98 Å². The third-order valence-corrected chi connectivity index (χ3v) is 4.85. The number of fused-ring (bicyclic) bond motifs is 2. The van der Waals surface area contributed by atoms with E-state index in [0.717, 1.165) is 5.56 Å². The molecule has 0 atom stereocenters. The fourth-order valence-corrected chi connectivity index (χ4v) is 3.39. The Morgan fingerprint density at radius 2 is 1.65 bits per heavy atom. The summed E-state index contributed by atoms with van der Waals surface area (Å²) in [5.74, 6) is -2.35. The lowest BCUT2D eigenvalue weighted by Crippen LogP contribution is -2.40. The van der Waals surface area contributed by atoms with Gasteiger partial charge >= 0.3 is 12.1 Å². The summed E-state index contributed by atoms with van der Waals surface area (Å²) < 4.78 is 5.40. The van der Waals surface area contributed by atoms with Crippen molar-refractivity contribution >= 4 is 23.9 Å². The molecule has 3 heterocycles. The van der Waals surface area contributed by atoms with E-state index in [1.165, 1.54) is 23.1 Å². The molecule has 0 spiro atoms. The van der Waals surface area contributed by atoms with Crippen LogP contribution in [0.5, 0.6) is 0 Å². The molecule has 1 aromatic carbocycles. The molecule has 0 radical (unpaired) electrons. The molecule has 2 aliphatic rings. The van der Waals surface area contributed by atoms with Crippen LogP contribution in [0.3, 0.4) is 0 Å². The Hall–Kier alpha value is -3.75. The molecule has 160 valence electrons. The van der Waals surface area contributed by atoms with Gasteiger partial charge in [0.25, 0.3) is 11.8 Å². The van der Waals surface area contributed by atoms with Gasteiger partial charge in [-0.3, -0.25) is 9.59 Å². The van der Waals surface area contributed by atoms with Gasteiger partial charge in [0.2, 0.25) is 0 Å². The minimum atomic E-state index is -0.938. The number of carbonyl (C=O) groups is 4. The number of amides is 3. The van der Waals surface area contributed by atoms with Crippen molar-refractivity contribution in [3.8, 4) is 0 Å². The summed E-state index contributed by atoms with van der Waals surface area (Å²) in [5, 5.41) is 0.446. The molecule has 0 bridgehead atoms. The summed E-state index contributed by atoms with van der Waals surface area (Å²) in [6.07, 6.45) is 0.105. The number of nitrogens with zero attached hydrogens (tertiary/aromatic N) is 3. The molecular weight excluding hydrogens is 402 g/mol. The molecule has 9 nitrogen and oxygen atoms in total. The van der Waals surface area contributed by atoms with Gasteiger partial charge in [-0.2, -0.15) is 0 Å².